The molecule has 61 heavy (non-hydrogen) atoms. The first-order chi connectivity index (χ1) is 29.8. The second-order valence-electron chi connectivity index (χ2n) is 15.9. The average molecular weight is 792 g/mol. The van der Waals surface area contributed by atoms with Crippen molar-refractivity contribution in [3.63, 3.8) is 0 Å². The molecular formula is C56H49N5. The van der Waals surface area contributed by atoms with Crippen molar-refractivity contribution in [1.82, 2.24) is 19.0 Å². The Morgan fingerprint density at radius 1 is 0.738 bits per heavy atom. The molecule has 0 aliphatic heterocycles. The first-order valence-electron chi connectivity index (χ1n) is 20.9. The number of benzene rings is 6. The number of hydrogen-bond acceptors (Lipinski definition) is 3. The van der Waals surface area contributed by atoms with E-state index in [1.807, 2.05) is 25.3 Å². The molecule has 0 saturated carbocycles. The van der Waals surface area contributed by atoms with E-state index in [1.165, 1.54) is 33.0 Å². The first-order valence-corrected chi connectivity index (χ1v) is 20.9. The molecule has 0 radical (unpaired) electrons. The van der Waals surface area contributed by atoms with Crippen molar-refractivity contribution >= 4 is 56.0 Å². The van der Waals surface area contributed by atoms with Crippen LogP contribution in [0.15, 0.2) is 206 Å². The number of fused-ring (bicyclic) bond motifs is 5. The fourth-order valence-electron chi connectivity index (χ4n) is 9.11. The van der Waals surface area contributed by atoms with E-state index in [0.29, 0.717) is 0 Å². The molecule has 2 aromatic heterocycles. The molecule has 9 rings (SSSR count). The van der Waals surface area contributed by atoms with Crippen molar-refractivity contribution in [3.05, 3.63) is 223 Å². The summed E-state index contributed by atoms with van der Waals surface area (Å²) < 4.78 is 4.47. The largest absolute Gasteiger partial charge is 0.314 e. The summed E-state index contributed by atoms with van der Waals surface area (Å²) >= 11 is 0. The SMILES string of the molecule is C=CC1=C(/C=C\C)C(C)(C)c2cc(/C(=C/C)N(/C=C/c3ccc(-c4nc5ccccc5n4-c4ccccc4)cc3)C(=C)C(=NC)n3c4ccccc4c4ccccc43)ccc21. The van der Waals surface area contributed by atoms with Gasteiger partial charge in [-0.3, -0.25) is 14.1 Å². The molecule has 0 amide bonds. The lowest BCUT2D eigenvalue weighted by atomic mass is 9.80. The maximum absolute atomic E-state index is 5.10. The third-order valence-electron chi connectivity index (χ3n) is 12.0. The lowest BCUT2D eigenvalue weighted by molar-refractivity contribution is 0.652. The number of nitrogens with zero attached hydrogens (tertiary/aromatic N) is 5. The van der Waals surface area contributed by atoms with Gasteiger partial charge < -0.3 is 4.90 Å². The van der Waals surface area contributed by atoms with E-state index < -0.39 is 0 Å². The number of hydrogen-bond donors (Lipinski definition) is 0. The van der Waals surface area contributed by atoms with Crippen LogP contribution in [0.4, 0.5) is 0 Å². The summed E-state index contributed by atoms with van der Waals surface area (Å²) in [6.07, 6.45) is 12.8. The first kappa shape index (κ1) is 39.0. The number of allylic oxidation sites excluding steroid dienone is 7. The van der Waals surface area contributed by atoms with Crippen LogP contribution in [-0.4, -0.2) is 31.9 Å². The van der Waals surface area contributed by atoms with E-state index in [9.17, 15) is 0 Å². The minimum atomic E-state index is -0.209. The highest BCUT2D eigenvalue weighted by Gasteiger charge is 2.36. The van der Waals surface area contributed by atoms with Crippen LogP contribution in [0.1, 0.15) is 49.9 Å². The minimum Gasteiger partial charge on any atom is -0.314 e. The molecule has 0 atom stereocenters. The minimum absolute atomic E-state index is 0.209. The lowest BCUT2D eigenvalue weighted by Gasteiger charge is -2.29. The van der Waals surface area contributed by atoms with Gasteiger partial charge in [0, 0.05) is 46.4 Å². The van der Waals surface area contributed by atoms with Gasteiger partial charge in [0.1, 0.15) is 5.82 Å². The Kier molecular flexibility index (Phi) is 10.2. The third kappa shape index (κ3) is 6.59. The standard InChI is InChI=1S/C56H49N5/c1-8-20-47-43(9-2)44-34-33-41(37-48(44)56(47,5)6)50(10-3)59(38(4)54(57-7)61-51-26-17-14-23-45(51)46-24-15-18-27-52(46)61)36-35-39-29-31-40(32-30-39)55-58-49-25-16-19-28-53(49)60(55)42-21-12-11-13-22-42/h8-37H,2,4H2,1,3,5-7H3/b20-8-,36-35+,50-10-,57-54?. The molecule has 5 nitrogen and oxygen atoms in total. The van der Waals surface area contributed by atoms with Gasteiger partial charge >= 0.3 is 0 Å². The van der Waals surface area contributed by atoms with Crippen molar-refractivity contribution in [1.29, 1.82) is 0 Å². The maximum atomic E-state index is 5.10. The van der Waals surface area contributed by atoms with Gasteiger partial charge in [0.25, 0.3) is 0 Å². The van der Waals surface area contributed by atoms with Crippen LogP contribution in [0.5, 0.6) is 0 Å². The lowest BCUT2D eigenvalue weighted by Crippen LogP contribution is -2.26. The van der Waals surface area contributed by atoms with E-state index in [1.54, 1.807) is 0 Å². The highest BCUT2D eigenvalue weighted by molar-refractivity contribution is 6.17. The number of aromatic nitrogens is 3. The number of para-hydroxylation sites is 5. The molecule has 0 bridgehead atoms. The van der Waals surface area contributed by atoms with Gasteiger partial charge in [0.2, 0.25) is 0 Å². The molecule has 6 aromatic carbocycles. The number of imidazole rings is 1. The van der Waals surface area contributed by atoms with E-state index in [0.717, 1.165) is 67.5 Å². The summed E-state index contributed by atoms with van der Waals surface area (Å²) in [5.41, 5.74) is 14.9. The van der Waals surface area contributed by atoms with Crippen LogP contribution in [0, 0.1) is 0 Å². The Morgan fingerprint density at radius 3 is 2.02 bits per heavy atom. The maximum Gasteiger partial charge on any atom is 0.156 e. The van der Waals surface area contributed by atoms with E-state index in [2.05, 4.69) is 212 Å². The monoisotopic (exact) mass is 791 g/mol. The summed E-state index contributed by atoms with van der Waals surface area (Å²) in [7, 11) is 1.85. The molecule has 0 fully saturated rings. The zero-order chi connectivity index (χ0) is 42.3. The molecule has 0 spiro atoms. The molecule has 0 saturated heterocycles. The van der Waals surface area contributed by atoms with Crippen molar-refractivity contribution in [2.75, 3.05) is 7.05 Å². The zero-order valence-electron chi connectivity index (χ0n) is 35.5. The van der Waals surface area contributed by atoms with Crippen LogP contribution in [0.3, 0.4) is 0 Å². The smallest absolute Gasteiger partial charge is 0.156 e. The molecule has 2 heterocycles. The summed E-state index contributed by atoms with van der Waals surface area (Å²) in [6, 6.07) is 51.2. The predicted octanol–water partition coefficient (Wildman–Crippen LogP) is 14.0. The highest BCUT2D eigenvalue weighted by atomic mass is 15.2. The molecule has 8 aromatic rings. The van der Waals surface area contributed by atoms with E-state index in [4.69, 9.17) is 16.6 Å². The van der Waals surface area contributed by atoms with Gasteiger partial charge in [0.05, 0.1) is 27.8 Å². The summed E-state index contributed by atoms with van der Waals surface area (Å²) in [5.74, 6) is 1.65. The Balaban J connectivity index is 1.15. The number of rotatable bonds is 10. The van der Waals surface area contributed by atoms with Gasteiger partial charge in [-0.25, -0.2) is 4.98 Å². The van der Waals surface area contributed by atoms with Crippen LogP contribution < -0.4 is 0 Å². The summed E-state index contributed by atoms with van der Waals surface area (Å²) in [4.78, 5) is 12.3. The van der Waals surface area contributed by atoms with E-state index >= 15 is 0 Å². The molecule has 5 heteroatoms. The third-order valence-corrected chi connectivity index (χ3v) is 12.0. The predicted molar refractivity (Wildman–Crippen MR) is 260 cm³/mol. The Morgan fingerprint density at radius 2 is 1.38 bits per heavy atom. The zero-order valence-corrected chi connectivity index (χ0v) is 35.5. The molecular weight excluding hydrogens is 743 g/mol. The van der Waals surface area contributed by atoms with Crippen molar-refractivity contribution in [3.8, 4) is 17.1 Å². The highest BCUT2D eigenvalue weighted by Crippen LogP contribution is 2.48. The van der Waals surface area contributed by atoms with Gasteiger partial charge in [-0.15, -0.1) is 0 Å². The molecule has 1 aliphatic rings. The molecule has 1 aliphatic carbocycles. The topological polar surface area (TPSA) is 38.4 Å². The van der Waals surface area contributed by atoms with Gasteiger partial charge in [-0.1, -0.05) is 154 Å². The average Bonchev–Trinajstić information content (AvgIpc) is 3.91. The second kappa shape index (κ2) is 15.9. The summed E-state index contributed by atoms with van der Waals surface area (Å²) in [5, 5.41) is 2.34. The Labute approximate surface area is 358 Å². The molecule has 0 N–H and O–H groups in total. The van der Waals surface area contributed by atoms with Crippen LogP contribution in [0.25, 0.3) is 67.3 Å². The normalized spacial score (nSPS) is 14.2. The van der Waals surface area contributed by atoms with E-state index in [-0.39, 0.29) is 5.41 Å². The Hall–Kier alpha value is -7.50. The van der Waals surface area contributed by atoms with Crippen molar-refractivity contribution < 1.29 is 0 Å². The second-order valence-corrected chi connectivity index (χ2v) is 15.9. The van der Waals surface area contributed by atoms with Crippen LogP contribution >= 0.6 is 0 Å². The van der Waals surface area contributed by atoms with Crippen LogP contribution in [-0.2, 0) is 5.41 Å². The van der Waals surface area contributed by atoms with Gasteiger partial charge in [-0.2, -0.15) is 0 Å². The molecule has 298 valence electrons. The van der Waals surface area contributed by atoms with Gasteiger partial charge in [0.15, 0.2) is 5.84 Å². The molecule has 0 unspecified atom stereocenters. The fraction of sp³-hybridized carbons (Fsp3) is 0.107. The van der Waals surface area contributed by atoms with Crippen LogP contribution in [0.2, 0.25) is 0 Å². The fourth-order valence-corrected chi connectivity index (χ4v) is 9.11. The van der Waals surface area contributed by atoms with Crippen molar-refractivity contribution in [2.45, 2.75) is 33.1 Å². The number of aliphatic imine (C=N–C) groups is 1. The Bertz CT molecular complexity index is 3110. The van der Waals surface area contributed by atoms with Crippen molar-refractivity contribution in [2.24, 2.45) is 4.99 Å². The van der Waals surface area contributed by atoms with Gasteiger partial charge in [-0.05, 0) is 95.8 Å². The quantitative estimate of drug-likeness (QED) is 0.102. The summed E-state index contributed by atoms with van der Waals surface area (Å²) in [6.45, 7) is 17.8.